The highest BCUT2D eigenvalue weighted by Gasteiger charge is 2.35. The monoisotopic (exact) mass is 309 g/mol. The lowest BCUT2D eigenvalue weighted by Gasteiger charge is -2.26. The van der Waals surface area contributed by atoms with E-state index >= 15 is 0 Å². The summed E-state index contributed by atoms with van der Waals surface area (Å²) in [6, 6.07) is 0.0696. The maximum atomic E-state index is 13.4. The fraction of sp³-hybridized carbons (Fsp3) is 0.462. The molecule has 21 heavy (non-hydrogen) atoms. The number of ether oxygens (including phenoxy) is 2. The molecule has 0 saturated carbocycles. The summed E-state index contributed by atoms with van der Waals surface area (Å²) in [5, 5.41) is 2.57. The molecule has 0 spiro atoms. The van der Waals surface area contributed by atoms with Gasteiger partial charge in [-0.1, -0.05) is 0 Å². The molecular formula is C13H15F4NO3. The number of halogens is 4. The zero-order chi connectivity index (χ0) is 16.2. The number of likely N-dealkylation sites (N-methyl/N-ethyl adjacent to an activating group) is 1. The maximum Gasteiger partial charge on any atom is 0.329 e. The van der Waals surface area contributed by atoms with E-state index in [1.54, 1.807) is 6.92 Å². The van der Waals surface area contributed by atoms with E-state index in [0.717, 1.165) is 0 Å². The Balaban J connectivity index is 2.99. The van der Waals surface area contributed by atoms with Crippen molar-refractivity contribution in [3.05, 3.63) is 29.3 Å². The average molecular weight is 309 g/mol. The summed E-state index contributed by atoms with van der Waals surface area (Å²) in [5.41, 5.74) is -1.43. The van der Waals surface area contributed by atoms with E-state index < -0.39 is 47.1 Å². The summed E-state index contributed by atoms with van der Waals surface area (Å²) in [7, 11) is 1.40. The number of carbonyl (C=O) groups excluding carboxylic acids is 1. The van der Waals surface area contributed by atoms with Crippen molar-refractivity contribution in [2.45, 2.75) is 19.4 Å². The van der Waals surface area contributed by atoms with E-state index in [4.69, 9.17) is 9.47 Å². The molecule has 0 aliphatic heterocycles. The van der Waals surface area contributed by atoms with Gasteiger partial charge in [0.05, 0.1) is 6.61 Å². The number of carbonyl (C=O) groups is 1. The lowest BCUT2D eigenvalue weighted by atomic mass is 10.1. The van der Waals surface area contributed by atoms with Crippen LogP contribution in [0.3, 0.4) is 0 Å². The van der Waals surface area contributed by atoms with Crippen LogP contribution in [-0.4, -0.2) is 31.8 Å². The third kappa shape index (κ3) is 3.63. The molecule has 1 N–H and O–H groups in total. The van der Waals surface area contributed by atoms with Gasteiger partial charge in [0.15, 0.2) is 17.4 Å². The van der Waals surface area contributed by atoms with Crippen molar-refractivity contribution in [3.8, 4) is 5.75 Å². The molecule has 0 amide bonds. The molecule has 0 saturated heterocycles. The van der Waals surface area contributed by atoms with Crippen LogP contribution in [0.4, 0.5) is 17.6 Å². The lowest BCUT2D eigenvalue weighted by molar-refractivity contribution is -0.151. The maximum absolute atomic E-state index is 13.4. The van der Waals surface area contributed by atoms with Gasteiger partial charge in [-0.25, -0.2) is 13.6 Å². The van der Waals surface area contributed by atoms with Gasteiger partial charge < -0.3 is 14.8 Å². The van der Waals surface area contributed by atoms with Crippen molar-refractivity contribution in [1.82, 2.24) is 5.32 Å². The minimum absolute atomic E-state index is 0.0696. The number of benzene rings is 1. The molecule has 8 heteroatoms. The van der Waals surface area contributed by atoms with Crippen molar-refractivity contribution in [1.29, 1.82) is 0 Å². The minimum Gasteiger partial charge on any atom is -0.485 e. The third-order valence-corrected chi connectivity index (χ3v) is 2.85. The summed E-state index contributed by atoms with van der Waals surface area (Å²) in [6.45, 7) is 2.44. The van der Waals surface area contributed by atoms with Crippen LogP contribution in [0.5, 0.6) is 5.75 Å². The molecule has 0 bridgehead atoms. The van der Waals surface area contributed by atoms with Crippen molar-refractivity contribution >= 4 is 5.97 Å². The Bertz CT molecular complexity index is 512. The molecule has 0 heterocycles. The van der Waals surface area contributed by atoms with E-state index in [-0.39, 0.29) is 12.7 Å². The molecular weight excluding hydrogens is 294 g/mol. The molecule has 0 aromatic heterocycles. The van der Waals surface area contributed by atoms with Gasteiger partial charge in [-0.2, -0.15) is 8.78 Å². The van der Waals surface area contributed by atoms with E-state index in [1.165, 1.54) is 14.0 Å². The highest BCUT2D eigenvalue weighted by molar-refractivity contribution is 5.80. The first-order valence-corrected chi connectivity index (χ1v) is 6.08. The number of esters is 1. The Morgan fingerprint density at radius 2 is 1.76 bits per heavy atom. The van der Waals surface area contributed by atoms with Gasteiger partial charge in [-0.15, -0.1) is 0 Å². The Morgan fingerprint density at radius 3 is 2.19 bits per heavy atom. The summed E-state index contributed by atoms with van der Waals surface area (Å²) in [6.07, 6.45) is 0. The van der Waals surface area contributed by atoms with Crippen LogP contribution in [0.2, 0.25) is 0 Å². The van der Waals surface area contributed by atoms with Gasteiger partial charge in [0, 0.05) is 6.07 Å². The van der Waals surface area contributed by atoms with E-state index in [2.05, 4.69) is 5.32 Å². The van der Waals surface area contributed by atoms with Gasteiger partial charge in [-0.05, 0) is 20.9 Å². The highest BCUT2D eigenvalue weighted by Crippen LogP contribution is 2.27. The fourth-order valence-corrected chi connectivity index (χ4v) is 1.42. The van der Waals surface area contributed by atoms with Crippen molar-refractivity contribution in [2.75, 3.05) is 20.3 Å². The van der Waals surface area contributed by atoms with Crippen molar-refractivity contribution < 1.29 is 31.8 Å². The first kappa shape index (κ1) is 17.2. The number of nitrogens with one attached hydrogen (secondary N) is 1. The molecule has 0 fully saturated rings. The zero-order valence-electron chi connectivity index (χ0n) is 11.7. The topological polar surface area (TPSA) is 47.6 Å². The Hall–Kier alpha value is -1.83. The van der Waals surface area contributed by atoms with E-state index in [9.17, 15) is 22.4 Å². The second-order valence-electron chi connectivity index (χ2n) is 4.39. The zero-order valence-corrected chi connectivity index (χ0v) is 11.7. The van der Waals surface area contributed by atoms with Gasteiger partial charge in [0.2, 0.25) is 11.6 Å². The quantitative estimate of drug-likeness (QED) is 0.497. The van der Waals surface area contributed by atoms with Crippen LogP contribution in [0.25, 0.3) is 0 Å². The van der Waals surface area contributed by atoms with Crippen LogP contribution >= 0.6 is 0 Å². The fourth-order valence-electron chi connectivity index (χ4n) is 1.42. The summed E-state index contributed by atoms with van der Waals surface area (Å²) < 4.78 is 62.5. The van der Waals surface area contributed by atoms with E-state index in [1.807, 2.05) is 0 Å². The van der Waals surface area contributed by atoms with Crippen molar-refractivity contribution in [2.24, 2.45) is 0 Å². The Morgan fingerprint density at radius 1 is 1.24 bits per heavy atom. The molecule has 1 atom stereocenters. The van der Waals surface area contributed by atoms with E-state index in [0.29, 0.717) is 0 Å². The molecule has 1 aromatic carbocycles. The molecule has 1 unspecified atom stereocenters. The number of hydrogen-bond donors (Lipinski definition) is 1. The van der Waals surface area contributed by atoms with Crippen LogP contribution in [-0.2, 0) is 9.53 Å². The smallest absolute Gasteiger partial charge is 0.329 e. The highest BCUT2D eigenvalue weighted by atomic mass is 19.2. The molecule has 0 aliphatic rings. The predicted molar refractivity (Wildman–Crippen MR) is 65.9 cm³/mol. The molecule has 0 radical (unpaired) electrons. The largest absolute Gasteiger partial charge is 0.485 e. The third-order valence-electron chi connectivity index (χ3n) is 2.85. The van der Waals surface area contributed by atoms with Gasteiger partial charge >= 0.3 is 5.97 Å². The molecule has 1 aromatic rings. The average Bonchev–Trinajstić information content (AvgIpc) is 2.45. The SMILES string of the molecule is CCOC(=O)C(C)(COc1c(F)c(F)cc(F)c1F)NC. The standard InChI is InChI=1S/C13H15F4NO3/c1-4-20-12(19)13(2,18-3)6-21-11-9(16)7(14)5-8(15)10(11)17/h5,18H,4,6H2,1-3H3. The van der Waals surface area contributed by atoms with Gasteiger partial charge in [0.25, 0.3) is 0 Å². The second-order valence-corrected chi connectivity index (χ2v) is 4.39. The molecule has 4 nitrogen and oxygen atoms in total. The number of hydrogen-bond acceptors (Lipinski definition) is 4. The predicted octanol–water partition coefficient (Wildman–Crippen LogP) is 2.16. The molecule has 0 aliphatic carbocycles. The van der Waals surface area contributed by atoms with Crippen molar-refractivity contribution in [3.63, 3.8) is 0 Å². The Kier molecular flexibility index (Phi) is 5.54. The normalized spacial score (nSPS) is 13.7. The van der Waals surface area contributed by atoms with Gasteiger partial charge in [-0.3, -0.25) is 0 Å². The number of rotatable bonds is 6. The second kappa shape index (κ2) is 6.75. The minimum atomic E-state index is -1.67. The summed E-state index contributed by atoms with van der Waals surface area (Å²) >= 11 is 0. The van der Waals surface area contributed by atoms with Crippen LogP contribution in [0.1, 0.15) is 13.8 Å². The summed E-state index contributed by atoms with van der Waals surface area (Å²) in [4.78, 5) is 11.7. The first-order valence-electron chi connectivity index (χ1n) is 6.08. The van der Waals surface area contributed by atoms with Gasteiger partial charge in [0.1, 0.15) is 12.1 Å². The van der Waals surface area contributed by atoms with Crippen LogP contribution < -0.4 is 10.1 Å². The molecule has 1 rings (SSSR count). The molecule has 118 valence electrons. The van der Waals surface area contributed by atoms with Crippen LogP contribution in [0.15, 0.2) is 6.07 Å². The summed E-state index contributed by atoms with van der Waals surface area (Å²) in [5.74, 6) is -8.48. The first-order chi connectivity index (χ1) is 9.76. The van der Waals surface area contributed by atoms with Crippen LogP contribution in [0, 0.1) is 23.3 Å². The lowest BCUT2D eigenvalue weighted by Crippen LogP contribution is -2.53. The Labute approximate surface area is 119 Å².